The quantitative estimate of drug-likeness (QED) is 0.905. The van der Waals surface area contributed by atoms with Crippen molar-refractivity contribution in [2.45, 2.75) is 57.4 Å². The summed E-state index contributed by atoms with van der Waals surface area (Å²) in [5, 5.41) is 3.17. The average molecular weight is 288 g/mol. The Bertz CT molecular complexity index is 471. The van der Waals surface area contributed by atoms with Crippen molar-refractivity contribution in [2.75, 3.05) is 6.54 Å². The fraction of sp³-hybridized carbons (Fsp3) is 0.588. The van der Waals surface area contributed by atoms with Gasteiger partial charge in [0.15, 0.2) is 0 Å². The molecular weight excluding hydrogens is 264 g/mol. The van der Waals surface area contributed by atoms with Crippen molar-refractivity contribution < 1.29 is 9.53 Å². The van der Waals surface area contributed by atoms with Crippen LogP contribution in [0.2, 0.25) is 0 Å². The molecule has 0 radical (unpaired) electrons. The summed E-state index contributed by atoms with van der Waals surface area (Å²) in [7, 11) is 0. The molecule has 0 bridgehead atoms. The molecule has 1 saturated heterocycles. The van der Waals surface area contributed by atoms with Crippen LogP contribution in [-0.4, -0.2) is 29.7 Å². The highest BCUT2D eigenvalue weighted by Gasteiger charge is 2.34. The Labute approximate surface area is 126 Å². The fourth-order valence-corrected chi connectivity index (χ4v) is 3.29. The lowest BCUT2D eigenvalue weighted by molar-refractivity contribution is 0.0237. The fourth-order valence-electron chi connectivity index (χ4n) is 3.29. The molecule has 4 nitrogen and oxygen atoms in total. The van der Waals surface area contributed by atoms with E-state index in [4.69, 9.17) is 4.74 Å². The first-order chi connectivity index (χ1) is 10.2. The molecule has 114 valence electrons. The number of nitrogens with one attached hydrogen (secondary N) is 1. The molecule has 3 rings (SSSR count). The van der Waals surface area contributed by atoms with Gasteiger partial charge in [0.05, 0.1) is 6.54 Å². The second kappa shape index (κ2) is 6.48. The number of amides is 2. The van der Waals surface area contributed by atoms with Crippen molar-refractivity contribution in [3.8, 4) is 0 Å². The Kier molecular flexibility index (Phi) is 4.44. The highest BCUT2D eigenvalue weighted by Crippen LogP contribution is 2.28. The Morgan fingerprint density at radius 1 is 1.19 bits per heavy atom. The van der Waals surface area contributed by atoms with Crippen LogP contribution < -0.4 is 5.32 Å². The van der Waals surface area contributed by atoms with Gasteiger partial charge >= 0.3 is 6.03 Å². The van der Waals surface area contributed by atoms with E-state index in [0.29, 0.717) is 12.6 Å². The molecule has 0 spiro atoms. The van der Waals surface area contributed by atoms with E-state index in [9.17, 15) is 4.79 Å². The van der Waals surface area contributed by atoms with Crippen molar-refractivity contribution in [3.05, 3.63) is 35.9 Å². The molecule has 1 aromatic carbocycles. The smallest absolute Gasteiger partial charge is 0.319 e. The van der Waals surface area contributed by atoms with E-state index >= 15 is 0 Å². The predicted molar refractivity (Wildman–Crippen MR) is 81.8 cm³/mol. The molecule has 1 saturated carbocycles. The van der Waals surface area contributed by atoms with Crippen LogP contribution in [-0.2, 0) is 4.74 Å². The van der Waals surface area contributed by atoms with Gasteiger partial charge in [-0.2, -0.15) is 0 Å². The van der Waals surface area contributed by atoms with Crippen molar-refractivity contribution in [1.29, 1.82) is 0 Å². The maximum atomic E-state index is 12.4. The van der Waals surface area contributed by atoms with Gasteiger partial charge in [0.25, 0.3) is 0 Å². The number of carbonyl (C=O) groups excluding carboxylic acids is 1. The van der Waals surface area contributed by atoms with E-state index in [1.165, 1.54) is 19.3 Å². The van der Waals surface area contributed by atoms with Crippen LogP contribution in [0.5, 0.6) is 0 Å². The number of ether oxygens (including phenoxy) is 1. The first-order valence-electron chi connectivity index (χ1n) is 8.01. The summed E-state index contributed by atoms with van der Waals surface area (Å²) in [6.07, 6.45) is 5.78. The summed E-state index contributed by atoms with van der Waals surface area (Å²) < 4.78 is 5.94. The lowest BCUT2D eigenvalue weighted by Crippen LogP contribution is -2.46. The molecule has 2 atom stereocenters. The highest BCUT2D eigenvalue weighted by atomic mass is 16.5. The number of benzene rings is 1. The maximum Gasteiger partial charge on any atom is 0.319 e. The minimum Gasteiger partial charge on any atom is -0.349 e. The van der Waals surface area contributed by atoms with Crippen LogP contribution in [0, 0.1) is 0 Å². The number of nitrogens with zero attached hydrogens (tertiary/aromatic N) is 1. The summed E-state index contributed by atoms with van der Waals surface area (Å²) in [6.45, 7) is 2.58. The Hall–Kier alpha value is -1.55. The van der Waals surface area contributed by atoms with Crippen LogP contribution in [0.1, 0.15) is 50.7 Å². The second-order valence-electron chi connectivity index (χ2n) is 6.07. The van der Waals surface area contributed by atoms with Gasteiger partial charge in [-0.15, -0.1) is 0 Å². The third-order valence-electron chi connectivity index (χ3n) is 4.53. The summed E-state index contributed by atoms with van der Waals surface area (Å²) in [5.41, 5.74) is 1.14. The van der Waals surface area contributed by atoms with E-state index in [1.54, 1.807) is 0 Å². The molecule has 4 heteroatoms. The van der Waals surface area contributed by atoms with E-state index in [2.05, 4.69) is 17.4 Å². The van der Waals surface area contributed by atoms with Crippen molar-refractivity contribution in [2.24, 2.45) is 0 Å². The molecule has 1 aliphatic carbocycles. The number of rotatable bonds is 2. The largest absolute Gasteiger partial charge is 0.349 e. The zero-order valence-corrected chi connectivity index (χ0v) is 12.6. The molecular formula is C17H24N2O2. The van der Waals surface area contributed by atoms with E-state index < -0.39 is 0 Å². The third-order valence-corrected chi connectivity index (χ3v) is 4.53. The van der Waals surface area contributed by atoms with Gasteiger partial charge in [-0.1, -0.05) is 49.6 Å². The Morgan fingerprint density at radius 3 is 2.62 bits per heavy atom. The first-order valence-corrected chi connectivity index (χ1v) is 8.01. The number of hydrogen-bond donors (Lipinski definition) is 1. The molecule has 1 aliphatic heterocycles. The second-order valence-corrected chi connectivity index (χ2v) is 6.07. The number of urea groups is 1. The van der Waals surface area contributed by atoms with E-state index in [1.807, 2.05) is 30.0 Å². The number of hydrogen-bond acceptors (Lipinski definition) is 2. The summed E-state index contributed by atoms with van der Waals surface area (Å²) in [5.74, 6) is 0. The van der Waals surface area contributed by atoms with Crippen LogP contribution in [0.25, 0.3) is 0 Å². The third kappa shape index (κ3) is 3.38. The first kappa shape index (κ1) is 14.4. The molecule has 2 aliphatic rings. The van der Waals surface area contributed by atoms with Crippen molar-refractivity contribution in [1.82, 2.24) is 10.2 Å². The zero-order chi connectivity index (χ0) is 14.7. The lowest BCUT2D eigenvalue weighted by Gasteiger charge is -2.27. The van der Waals surface area contributed by atoms with Crippen molar-refractivity contribution in [3.63, 3.8) is 0 Å². The van der Waals surface area contributed by atoms with Gasteiger partial charge < -0.3 is 10.1 Å². The average Bonchev–Trinajstić information content (AvgIpc) is 2.91. The van der Waals surface area contributed by atoms with Crippen LogP contribution in [0.4, 0.5) is 4.79 Å². The van der Waals surface area contributed by atoms with Crippen LogP contribution in [0.15, 0.2) is 30.3 Å². The normalized spacial score (nSPS) is 26.8. The molecule has 2 amide bonds. The van der Waals surface area contributed by atoms with E-state index in [0.717, 1.165) is 18.4 Å². The van der Waals surface area contributed by atoms with Gasteiger partial charge in [0.2, 0.25) is 0 Å². The molecule has 21 heavy (non-hydrogen) atoms. The molecule has 0 aromatic heterocycles. The standard InChI is InChI=1S/C17H24N2O2/c1-13-19(17(20)18-15-10-6-3-7-11-15)12-16(21-13)14-8-4-2-5-9-14/h2,4-5,8-9,13,15-16H,3,6-7,10-12H2,1H3,(H,18,20). The predicted octanol–water partition coefficient (Wildman–Crippen LogP) is 3.45. The topological polar surface area (TPSA) is 41.6 Å². The molecule has 1 heterocycles. The Balaban J connectivity index is 1.59. The zero-order valence-electron chi connectivity index (χ0n) is 12.6. The van der Waals surface area contributed by atoms with Gasteiger partial charge in [0.1, 0.15) is 12.3 Å². The molecule has 2 unspecified atom stereocenters. The van der Waals surface area contributed by atoms with E-state index in [-0.39, 0.29) is 18.4 Å². The van der Waals surface area contributed by atoms with Crippen LogP contribution in [0.3, 0.4) is 0 Å². The minimum atomic E-state index is -0.168. The molecule has 1 aromatic rings. The minimum absolute atomic E-state index is 0.0155. The molecule has 2 fully saturated rings. The lowest BCUT2D eigenvalue weighted by atomic mass is 9.96. The monoisotopic (exact) mass is 288 g/mol. The van der Waals surface area contributed by atoms with Crippen molar-refractivity contribution >= 4 is 6.03 Å². The summed E-state index contributed by atoms with van der Waals surface area (Å²) in [6, 6.07) is 10.5. The van der Waals surface area contributed by atoms with Crippen LogP contribution >= 0.6 is 0 Å². The van der Waals surface area contributed by atoms with Gasteiger partial charge in [-0.3, -0.25) is 4.90 Å². The highest BCUT2D eigenvalue weighted by molar-refractivity contribution is 5.75. The van der Waals surface area contributed by atoms with Gasteiger partial charge in [-0.05, 0) is 25.3 Å². The Morgan fingerprint density at radius 2 is 1.90 bits per heavy atom. The van der Waals surface area contributed by atoms with Gasteiger partial charge in [-0.25, -0.2) is 4.79 Å². The summed E-state index contributed by atoms with van der Waals surface area (Å²) in [4.78, 5) is 14.2. The SMILES string of the molecule is CC1OC(c2ccccc2)CN1C(=O)NC1CCCCC1. The van der Waals surface area contributed by atoms with Gasteiger partial charge in [0, 0.05) is 6.04 Å². The number of carbonyl (C=O) groups is 1. The summed E-state index contributed by atoms with van der Waals surface area (Å²) >= 11 is 0. The maximum absolute atomic E-state index is 12.4. The molecule has 1 N–H and O–H groups in total.